The van der Waals surface area contributed by atoms with E-state index in [-0.39, 0.29) is 5.54 Å². The average Bonchev–Trinajstić information content (AvgIpc) is 2.77. The molecular formula is C15H19NO. The predicted molar refractivity (Wildman–Crippen MR) is 69.5 cm³/mol. The molecule has 0 bridgehead atoms. The summed E-state index contributed by atoms with van der Waals surface area (Å²) in [5.74, 6) is 6.08. The largest absolute Gasteiger partial charge is 0.367 e. The van der Waals surface area contributed by atoms with Crippen molar-refractivity contribution in [3.8, 4) is 11.8 Å². The minimum Gasteiger partial charge on any atom is -0.367 e. The molecule has 1 aromatic carbocycles. The van der Waals surface area contributed by atoms with Crippen LogP contribution in [-0.4, -0.2) is 18.8 Å². The van der Waals surface area contributed by atoms with Crippen LogP contribution in [0.4, 0.5) is 0 Å². The van der Waals surface area contributed by atoms with E-state index in [1.54, 1.807) is 0 Å². The van der Waals surface area contributed by atoms with E-state index in [9.17, 15) is 0 Å². The number of nitrogens with two attached hydrogens (primary N) is 1. The van der Waals surface area contributed by atoms with Gasteiger partial charge in [-0.05, 0) is 25.0 Å². The second-order valence-corrected chi connectivity index (χ2v) is 4.73. The summed E-state index contributed by atoms with van der Waals surface area (Å²) in [5.41, 5.74) is 7.12. The molecule has 1 fully saturated rings. The topological polar surface area (TPSA) is 35.2 Å². The van der Waals surface area contributed by atoms with E-state index < -0.39 is 0 Å². The summed E-state index contributed by atoms with van der Waals surface area (Å²) in [6.07, 6.45) is 4.63. The number of benzene rings is 1. The molecule has 0 heterocycles. The second kappa shape index (κ2) is 5.86. The molecule has 0 amide bonds. The van der Waals surface area contributed by atoms with Crippen LogP contribution in [0, 0.1) is 11.8 Å². The van der Waals surface area contributed by atoms with E-state index in [0.717, 1.165) is 18.4 Å². The molecule has 17 heavy (non-hydrogen) atoms. The zero-order valence-corrected chi connectivity index (χ0v) is 10.1. The van der Waals surface area contributed by atoms with Gasteiger partial charge in [0.2, 0.25) is 0 Å². The van der Waals surface area contributed by atoms with Crippen LogP contribution < -0.4 is 5.73 Å². The molecule has 1 saturated carbocycles. The van der Waals surface area contributed by atoms with Crippen LogP contribution in [0.15, 0.2) is 30.3 Å². The Morgan fingerprint density at radius 3 is 2.59 bits per heavy atom. The summed E-state index contributed by atoms with van der Waals surface area (Å²) >= 11 is 0. The van der Waals surface area contributed by atoms with Crippen molar-refractivity contribution >= 4 is 0 Å². The number of hydrogen-bond acceptors (Lipinski definition) is 2. The third kappa shape index (κ3) is 3.89. The molecule has 90 valence electrons. The van der Waals surface area contributed by atoms with Gasteiger partial charge >= 0.3 is 0 Å². The van der Waals surface area contributed by atoms with E-state index in [0.29, 0.717) is 13.2 Å². The highest BCUT2D eigenvalue weighted by atomic mass is 16.5. The summed E-state index contributed by atoms with van der Waals surface area (Å²) in [5, 5.41) is 0. The number of ether oxygens (including phenoxy) is 1. The van der Waals surface area contributed by atoms with Crippen LogP contribution in [0.1, 0.15) is 31.2 Å². The zero-order valence-electron chi connectivity index (χ0n) is 10.1. The smallest absolute Gasteiger partial charge is 0.108 e. The van der Waals surface area contributed by atoms with Crippen LogP contribution in [0.25, 0.3) is 0 Å². The molecule has 0 spiro atoms. The van der Waals surface area contributed by atoms with Gasteiger partial charge in [-0.15, -0.1) is 0 Å². The van der Waals surface area contributed by atoms with Crippen molar-refractivity contribution in [1.29, 1.82) is 0 Å². The summed E-state index contributed by atoms with van der Waals surface area (Å²) in [7, 11) is 0. The van der Waals surface area contributed by atoms with E-state index in [4.69, 9.17) is 10.5 Å². The Morgan fingerprint density at radius 2 is 1.88 bits per heavy atom. The van der Waals surface area contributed by atoms with Crippen molar-refractivity contribution in [2.75, 3.05) is 13.2 Å². The van der Waals surface area contributed by atoms with Gasteiger partial charge in [0, 0.05) is 11.1 Å². The quantitative estimate of drug-likeness (QED) is 0.637. The molecule has 0 radical (unpaired) electrons. The molecule has 2 nitrogen and oxygen atoms in total. The standard InChI is InChI=1S/C15H19NO/c16-15(10-4-5-11-15)13-17-12-6-9-14-7-2-1-3-8-14/h1-3,7-8H,4-5,10-13,16H2. The van der Waals surface area contributed by atoms with Crippen LogP contribution >= 0.6 is 0 Å². The Balaban J connectivity index is 1.71. The first-order valence-electron chi connectivity index (χ1n) is 6.19. The van der Waals surface area contributed by atoms with E-state index >= 15 is 0 Å². The molecule has 1 aliphatic carbocycles. The molecule has 0 aliphatic heterocycles. The first-order valence-corrected chi connectivity index (χ1v) is 6.19. The maximum atomic E-state index is 6.18. The first kappa shape index (κ1) is 12.2. The Hall–Kier alpha value is -1.30. The molecule has 1 aromatic rings. The van der Waals surface area contributed by atoms with E-state index in [1.807, 2.05) is 30.3 Å². The fourth-order valence-electron chi connectivity index (χ4n) is 2.19. The van der Waals surface area contributed by atoms with Crippen molar-refractivity contribution < 1.29 is 4.74 Å². The van der Waals surface area contributed by atoms with Gasteiger partial charge in [0.1, 0.15) is 6.61 Å². The van der Waals surface area contributed by atoms with Crippen molar-refractivity contribution in [1.82, 2.24) is 0 Å². The molecule has 2 rings (SSSR count). The lowest BCUT2D eigenvalue weighted by molar-refractivity contribution is 0.111. The van der Waals surface area contributed by atoms with Crippen molar-refractivity contribution in [3.63, 3.8) is 0 Å². The summed E-state index contributed by atoms with van der Waals surface area (Å²) in [6, 6.07) is 9.94. The highest BCUT2D eigenvalue weighted by Crippen LogP contribution is 2.27. The predicted octanol–water partition coefficient (Wildman–Crippen LogP) is 2.33. The fourth-order valence-corrected chi connectivity index (χ4v) is 2.19. The number of rotatable bonds is 3. The monoisotopic (exact) mass is 229 g/mol. The van der Waals surface area contributed by atoms with Crippen molar-refractivity contribution in [2.24, 2.45) is 5.73 Å². The van der Waals surface area contributed by atoms with Gasteiger partial charge in [-0.1, -0.05) is 42.9 Å². The minimum absolute atomic E-state index is 0.0889. The maximum absolute atomic E-state index is 6.18. The molecule has 2 heteroatoms. The third-order valence-corrected chi connectivity index (χ3v) is 3.17. The number of hydrogen-bond donors (Lipinski definition) is 1. The summed E-state index contributed by atoms with van der Waals surface area (Å²) < 4.78 is 5.54. The zero-order chi connectivity index (χ0) is 12.0. The molecule has 0 atom stereocenters. The van der Waals surface area contributed by atoms with E-state index in [1.165, 1.54) is 12.8 Å². The van der Waals surface area contributed by atoms with Gasteiger partial charge < -0.3 is 10.5 Å². The summed E-state index contributed by atoms with van der Waals surface area (Å²) in [6.45, 7) is 1.10. The van der Waals surface area contributed by atoms with Crippen LogP contribution in [0.2, 0.25) is 0 Å². The van der Waals surface area contributed by atoms with E-state index in [2.05, 4.69) is 11.8 Å². The van der Waals surface area contributed by atoms with Crippen LogP contribution in [0.5, 0.6) is 0 Å². The van der Waals surface area contributed by atoms with Gasteiger partial charge in [0.15, 0.2) is 0 Å². The first-order chi connectivity index (χ1) is 8.29. The lowest BCUT2D eigenvalue weighted by atomic mass is 10.0. The Morgan fingerprint density at radius 1 is 1.18 bits per heavy atom. The maximum Gasteiger partial charge on any atom is 0.108 e. The Kier molecular flexibility index (Phi) is 4.19. The van der Waals surface area contributed by atoms with Crippen LogP contribution in [-0.2, 0) is 4.74 Å². The molecule has 2 N–H and O–H groups in total. The van der Waals surface area contributed by atoms with Gasteiger partial charge in [0.25, 0.3) is 0 Å². The lowest BCUT2D eigenvalue weighted by Crippen LogP contribution is -2.41. The molecule has 0 saturated heterocycles. The minimum atomic E-state index is -0.0889. The molecule has 0 aromatic heterocycles. The normalized spacial score (nSPS) is 17.5. The molecule has 0 unspecified atom stereocenters. The lowest BCUT2D eigenvalue weighted by Gasteiger charge is -2.22. The third-order valence-electron chi connectivity index (χ3n) is 3.17. The second-order valence-electron chi connectivity index (χ2n) is 4.73. The highest BCUT2D eigenvalue weighted by molar-refractivity contribution is 5.33. The van der Waals surface area contributed by atoms with Gasteiger partial charge in [-0.3, -0.25) is 0 Å². The molecular weight excluding hydrogens is 210 g/mol. The van der Waals surface area contributed by atoms with Crippen LogP contribution in [0.3, 0.4) is 0 Å². The van der Waals surface area contributed by atoms with Crippen molar-refractivity contribution in [3.05, 3.63) is 35.9 Å². The Labute approximate surface area is 103 Å². The SMILES string of the molecule is NC1(COCC#Cc2ccccc2)CCCC1. The Bertz CT molecular complexity index is 396. The molecule has 1 aliphatic rings. The van der Waals surface area contributed by atoms with Gasteiger partial charge in [0.05, 0.1) is 6.61 Å². The average molecular weight is 229 g/mol. The van der Waals surface area contributed by atoms with Gasteiger partial charge in [-0.2, -0.15) is 0 Å². The summed E-state index contributed by atoms with van der Waals surface area (Å²) in [4.78, 5) is 0. The van der Waals surface area contributed by atoms with Crippen molar-refractivity contribution in [2.45, 2.75) is 31.2 Å². The fraction of sp³-hybridized carbons (Fsp3) is 0.467. The highest BCUT2D eigenvalue weighted by Gasteiger charge is 2.29. The van der Waals surface area contributed by atoms with Gasteiger partial charge in [-0.25, -0.2) is 0 Å².